The van der Waals surface area contributed by atoms with Crippen molar-refractivity contribution in [2.45, 2.75) is 53.4 Å². The predicted molar refractivity (Wildman–Crippen MR) is 118 cm³/mol. The van der Waals surface area contributed by atoms with Crippen LogP contribution in [0.3, 0.4) is 0 Å². The summed E-state index contributed by atoms with van der Waals surface area (Å²) in [5, 5.41) is 4.42. The molecule has 3 N–H and O–H groups in total. The number of benzene rings is 1. The number of nitrogens with one attached hydrogen (secondary N) is 1. The zero-order chi connectivity index (χ0) is 20.8. The van der Waals surface area contributed by atoms with E-state index < -0.39 is 0 Å². The number of aromatic nitrogens is 3. The summed E-state index contributed by atoms with van der Waals surface area (Å²) in [4.78, 5) is 21.5. The highest BCUT2D eigenvalue weighted by Crippen LogP contribution is 2.40. The predicted octanol–water partition coefficient (Wildman–Crippen LogP) is 4.68. The first-order chi connectivity index (χ1) is 13.8. The molecule has 2 heterocycles. The van der Waals surface area contributed by atoms with Gasteiger partial charge in [0, 0.05) is 35.8 Å². The maximum atomic E-state index is 12.9. The Labute approximate surface area is 171 Å². The van der Waals surface area contributed by atoms with E-state index in [1.807, 2.05) is 13.0 Å². The fourth-order valence-corrected chi connectivity index (χ4v) is 4.40. The first-order valence-electron chi connectivity index (χ1n) is 10.3. The standard InChI is InChI=1S/C23H29N5O/c1-5-6-9-25-21-16(8-7-15-20(21)26-13-27-22(15)24)28-12-14(2)19-17(28)10-23(3,4)11-18(19)29/h7-8,12-13,25H,5-6,9-11H2,1-4H3,(H2,24,26,27). The highest BCUT2D eigenvalue weighted by molar-refractivity contribution is 6.02. The molecule has 6 nitrogen and oxygen atoms in total. The number of nitrogen functional groups attached to an aromatic ring is 1. The maximum absolute atomic E-state index is 12.9. The van der Waals surface area contributed by atoms with Crippen LogP contribution in [-0.4, -0.2) is 26.9 Å². The Bertz CT molecular complexity index is 1100. The molecule has 0 spiro atoms. The Morgan fingerprint density at radius 3 is 2.79 bits per heavy atom. The minimum atomic E-state index is -0.0497. The van der Waals surface area contributed by atoms with Gasteiger partial charge in [-0.25, -0.2) is 9.97 Å². The Morgan fingerprint density at radius 1 is 1.24 bits per heavy atom. The van der Waals surface area contributed by atoms with Gasteiger partial charge in [0.05, 0.1) is 11.4 Å². The van der Waals surface area contributed by atoms with Crippen LogP contribution >= 0.6 is 0 Å². The second kappa shape index (κ2) is 7.17. The summed E-state index contributed by atoms with van der Waals surface area (Å²) in [5.74, 6) is 0.711. The number of carbonyl (C=O) groups is 1. The molecule has 4 rings (SSSR count). The average Bonchev–Trinajstić information content (AvgIpc) is 2.97. The van der Waals surface area contributed by atoms with E-state index in [1.165, 1.54) is 6.33 Å². The van der Waals surface area contributed by atoms with Crippen molar-refractivity contribution in [3.8, 4) is 5.69 Å². The van der Waals surface area contributed by atoms with E-state index in [-0.39, 0.29) is 11.2 Å². The number of nitrogens with zero attached hydrogens (tertiary/aromatic N) is 3. The fourth-order valence-electron chi connectivity index (χ4n) is 4.40. The minimum Gasteiger partial charge on any atom is -0.383 e. The number of nitrogens with two attached hydrogens (primary N) is 1. The van der Waals surface area contributed by atoms with Gasteiger partial charge in [0.25, 0.3) is 0 Å². The van der Waals surface area contributed by atoms with E-state index in [1.54, 1.807) is 0 Å². The number of hydrogen-bond acceptors (Lipinski definition) is 5. The Balaban J connectivity index is 1.94. The van der Waals surface area contributed by atoms with Crippen LogP contribution in [0.1, 0.15) is 61.6 Å². The van der Waals surface area contributed by atoms with Crippen molar-refractivity contribution in [2.75, 3.05) is 17.6 Å². The van der Waals surface area contributed by atoms with Gasteiger partial charge < -0.3 is 15.6 Å². The average molecular weight is 392 g/mol. The molecule has 0 saturated carbocycles. The highest BCUT2D eigenvalue weighted by atomic mass is 16.1. The molecule has 0 amide bonds. The minimum absolute atomic E-state index is 0.0497. The lowest BCUT2D eigenvalue weighted by atomic mass is 9.75. The Morgan fingerprint density at radius 2 is 2.03 bits per heavy atom. The van der Waals surface area contributed by atoms with Crippen molar-refractivity contribution in [3.05, 3.63) is 41.5 Å². The number of hydrogen-bond donors (Lipinski definition) is 2. The number of ketones is 1. The monoisotopic (exact) mass is 391 g/mol. The molecule has 0 fully saturated rings. The van der Waals surface area contributed by atoms with E-state index in [9.17, 15) is 4.79 Å². The molecule has 3 aromatic rings. The van der Waals surface area contributed by atoms with E-state index in [2.05, 4.69) is 52.9 Å². The summed E-state index contributed by atoms with van der Waals surface area (Å²) >= 11 is 0. The molecule has 0 saturated heterocycles. The lowest BCUT2D eigenvalue weighted by molar-refractivity contribution is 0.0910. The lowest BCUT2D eigenvalue weighted by Gasteiger charge is -2.30. The molecule has 1 aliphatic rings. The number of aryl methyl sites for hydroxylation is 1. The quantitative estimate of drug-likeness (QED) is 0.617. The molecule has 0 radical (unpaired) electrons. The molecule has 0 aliphatic heterocycles. The first kappa shape index (κ1) is 19.4. The van der Waals surface area contributed by atoms with E-state index in [0.29, 0.717) is 12.2 Å². The SMILES string of the molecule is CCCCNc1c(-n2cc(C)c3c2CC(C)(C)CC3=O)ccc2c(N)ncnc12. The Hall–Kier alpha value is -2.89. The summed E-state index contributed by atoms with van der Waals surface area (Å²) in [6.45, 7) is 9.37. The van der Waals surface area contributed by atoms with Crippen molar-refractivity contribution >= 4 is 28.2 Å². The second-order valence-corrected chi connectivity index (χ2v) is 8.84. The molecule has 1 aromatic carbocycles. The van der Waals surface area contributed by atoms with Gasteiger partial charge in [-0.15, -0.1) is 0 Å². The topological polar surface area (TPSA) is 85.8 Å². The van der Waals surface area contributed by atoms with Crippen molar-refractivity contribution in [1.29, 1.82) is 0 Å². The number of fused-ring (bicyclic) bond motifs is 2. The third-order valence-corrected chi connectivity index (χ3v) is 5.77. The molecule has 152 valence electrons. The number of carbonyl (C=O) groups excluding carboxylic acids is 1. The molecular weight excluding hydrogens is 362 g/mol. The summed E-state index contributed by atoms with van der Waals surface area (Å²) in [5.41, 5.74) is 11.8. The van der Waals surface area contributed by atoms with Crippen LogP contribution in [0.4, 0.5) is 11.5 Å². The largest absolute Gasteiger partial charge is 0.383 e. The van der Waals surface area contributed by atoms with Gasteiger partial charge in [-0.1, -0.05) is 27.2 Å². The summed E-state index contributed by atoms with van der Waals surface area (Å²) in [6, 6.07) is 4.03. The van der Waals surface area contributed by atoms with E-state index in [0.717, 1.165) is 64.9 Å². The van der Waals surface area contributed by atoms with Crippen LogP contribution in [0.25, 0.3) is 16.6 Å². The third kappa shape index (κ3) is 3.37. The summed E-state index contributed by atoms with van der Waals surface area (Å²) in [7, 11) is 0. The zero-order valence-electron chi connectivity index (χ0n) is 17.7. The fraction of sp³-hybridized carbons (Fsp3) is 0.435. The number of rotatable bonds is 5. The van der Waals surface area contributed by atoms with Crippen molar-refractivity contribution < 1.29 is 4.79 Å². The Kier molecular flexibility index (Phi) is 4.81. The molecule has 0 unspecified atom stereocenters. The summed E-state index contributed by atoms with van der Waals surface area (Å²) in [6.07, 6.45) is 7.21. The second-order valence-electron chi connectivity index (χ2n) is 8.84. The van der Waals surface area contributed by atoms with Crippen molar-refractivity contribution in [1.82, 2.24) is 14.5 Å². The molecule has 0 bridgehead atoms. The number of unbranched alkanes of at least 4 members (excludes halogenated alkanes) is 1. The summed E-state index contributed by atoms with van der Waals surface area (Å²) < 4.78 is 2.18. The molecule has 2 aromatic heterocycles. The van der Waals surface area contributed by atoms with Crippen molar-refractivity contribution in [3.63, 3.8) is 0 Å². The molecular formula is C23H29N5O. The van der Waals surface area contributed by atoms with Crippen LogP contribution < -0.4 is 11.1 Å². The van der Waals surface area contributed by atoms with Crippen LogP contribution in [0.5, 0.6) is 0 Å². The smallest absolute Gasteiger partial charge is 0.165 e. The maximum Gasteiger partial charge on any atom is 0.165 e. The van der Waals surface area contributed by atoms with Gasteiger partial charge >= 0.3 is 0 Å². The molecule has 1 aliphatic carbocycles. The highest BCUT2D eigenvalue weighted by Gasteiger charge is 2.35. The van der Waals surface area contributed by atoms with E-state index in [4.69, 9.17) is 5.73 Å². The van der Waals surface area contributed by atoms with Crippen LogP contribution in [0.15, 0.2) is 24.7 Å². The number of anilines is 2. The van der Waals surface area contributed by atoms with Gasteiger partial charge in [-0.2, -0.15) is 0 Å². The third-order valence-electron chi connectivity index (χ3n) is 5.77. The van der Waals surface area contributed by atoms with Gasteiger partial charge in [0.2, 0.25) is 0 Å². The van der Waals surface area contributed by atoms with Crippen LogP contribution in [0, 0.1) is 12.3 Å². The molecule has 29 heavy (non-hydrogen) atoms. The van der Waals surface area contributed by atoms with Gasteiger partial charge in [0.1, 0.15) is 17.7 Å². The number of Topliss-reactive ketones (excluding diaryl/α,β-unsaturated/α-hetero) is 1. The van der Waals surface area contributed by atoms with Crippen LogP contribution in [-0.2, 0) is 6.42 Å². The van der Waals surface area contributed by atoms with Crippen LogP contribution in [0.2, 0.25) is 0 Å². The van der Waals surface area contributed by atoms with Crippen molar-refractivity contribution in [2.24, 2.45) is 5.41 Å². The zero-order valence-corrected chi connectivity index (χ0v) is 17.7. The first-order valence-corrected chi connectivity index (χ1v) is 10.3. The normalized spacial score (nSPS) is 15.5. The van der Waals surface area contributed by atoms with Gasteiger partial charge in [-0.05, 0) is 42.9 Å². The lowest BCUT2D eigenvalue weighted by Crippen LogP contribution is -2.28. The van der Waals surface area contributed by atoms with E-state index >= 15 is 0 Å². The molecule has 6 heteroatoms. The molecule has 0 atom stereocenters. The van der Waals surface area contributed by atoms with Gasteiger partial charge in [-0.3, -0.25) is 4.79 Å². The van der Waals surface area contributed by atoms with Gasteiger partial charge in [0.15, 0.2) is 5.78 Å².